The van der Waals surface area contributed by atoms with Gasteiger partial charge in [0.1, 0.15) is 12.3 Å². The molecule has 0 aliphatic rings. The van der Waals surface area contributed by atoms with Gasteiger partial charge in [-0.15, -0.1) is 0 Å². The van der Waals surface area contributed by atoms with E-state index >= 15 is 0 Å². The minimum Gasteiger partial charge on any atom is -0.506 e. The lowest BCUT2D eigenvalue weighted by Crippen LogP contribution is -3.04. The summed E-state index contributed by atoms with van der Waals surface area (Å²) in [4.78, 5) is 12.5. The number of rotatable bonds is 2. The molecule has 0 atom stereocenters. The third kappa shape index (κ3) is 2.21. The summed E-state index contributed by atoms with van der Waals surface area (Å²) in [6, 6.07) is 3.04. The second-order valence-corrected chi connectivity index (χ2v) is 5.10. The van der Waals surface area contributed by atoms with E-state index in [2.05, 4.69) is 0 Å². The summed E-state index contributed by atoms with van der Waals surface area (Å²) in [6.07, 6.45) is 0. The molecule has 2 N–H and O–H groups in total. The monoisotopic (exact) mass is 268 g/mol. The number of hydrogen-bond acceptors (Lipinski definition) is 3. The average molecular weight is 269 g/mol. The molecule has 0 saturated heterocycles. The maximum atomic E-state index is 11.5. The Labute approximate surface area is 109 Å². The summed E-state index contributed by atoms with van der Waals surface area (Å²) in [5, 5.41) is 11.1. The van der Waals surface area contributed by atoms with Crippen molar-refractivity contribution >= 4 is 22.6 Å². The fraction of sp³-hybridized carbons (Fsp3) is 0.308. The highest BCUT2D eigenvalue weighted by Crippen LogP contribution is 2.34. The van der Waals surface area contributed by atoms with Crippen LogP contribution in [0.25, 0.3) is 11.0 Å². The number of phenols is 1. The van der Waals surface area contributed by atoms with E-state index in [-0.39, 0.29) is 10.8 Å². The van der Waals surface area contributed by atoms with Gasteiger partial charge in [0.25, 0.3) is 0 Å². The van der Waals surface area contributed by atoms with Crippen LogP contribution in [0.4, 0.5) is 0 Å². The Morgan fingerprint density at radius 3 is 2.67 bits per heavy atom. The lowest BCUT2D eigenvalue weighted by atomic mass is 10.1. The van der Waals surface area contributed by atoms with Gasteiger partial charge in [-0.05, 0) is 18.6 Å². The van der Waals surface area contributed by atoms with E-state index in [4.69, 9.17) is 16.0 Å². The van der Waals surface area contributed by atoms with E-state index in [1.165, 1.54) is 6.07 Å². The number of quaternary nitrogens is 1. The SMILES string of the molecule is Cc1cc(=O)oc2c(C[NH+](C)C)c(O)c(Cl)cc12. The number of benzene rings is 1. The van der Waals surface area contributed by atoms with Crippen molar-refractivity contribution in [1.29, 1.82) is 0 Å². The molecule has 2 rings (SSSR count). The molecule has 0 aliphatic heterocycles. The van der Waals surface area contributed by atoms with Crippen LogP contribution in [0.15, 0.2) is 21.3 Å². The van der Waals surface area contributed by atoms with Crippen molar-refractivity contribution in [2.24, 2.45) is 0 Å². The van der Waals surface area contributed by atoms with E-state index in [9.17, 15) is 9.90 Å². The quantitative estimate of drug-likeness (QED) is 0.802. The van der Waals surface area contributed by atoms with Crippen LogP contribution in [0.1, 0.15) is 11.1 Å². The lowest BCUT2D eigenvalue weighted by Gasteiger charge is -2.12. The molecule has 5 heteroatoms. The van der Waals surface area contributed by atoms with Gasteiger partial charge in [-0.25, -0.2) is 4.79 Å². The van der Waals surface area contributed by atoms with Crippen LogP contribution >= 0.6 is 11.6 Å². The molecule has 0 bridgehead atoms. The summed E-state index contributed by atoms with van der Waals surface area (Å²) in [6.45, 7) is 2.34. The van der Waals surface area contributed by atoms with E-state index < -0.39 is 5.63 Å². The van der Waals surface area contributed by atoms with Crippen molar-refractivity contribution in [3.05, 3.63) is 38.7 Å². The standard InChI is InChI=1S/C13H14ClNO3/c1-7-4-11(16)18-13-8(7)5-10(14)12(17)9(13)6-15(2)3/h4-5,17H,6H2,1-3H3/p+1. The highest BCUT2D eigenvalue weighted by atomic mass is 35.5. The third-order valence-corrected chi connectivity index (χ3v) is 3.08. The molecule has 2 aromatic rings. The summed E-state index contributed by atoms with van der Waals surface area (Å²) < 4.78 is 5.22. The Hall–Kier alpha value is -1.52. The summed E-state index contributed by atoms with van der Waals surface area (Å²) in [5.74, 6) is -0.0147. The van der Waals surface area contributed by atoms with E-state index in [0.29, 0.717) is 17.7 Å². The van der Waals surface area contributed by atoms with Crippen LogP contribution in [0.5, 0.6) is 5.75 Å². The highest BCUT2D eigenvalue weighted by Gasteiger charge is 2.17. The minimum atomic E-state index is -0.420. The van der Waals surface area contributed by atoms with Gasteiger partial charge in [0.05, 0.1) is 24.7 Å². The van der Waals surface area contributed by atoms with E-state index in [1.54, 1.807) is 6.07 Å². The zero-order valence-electron chi connectivity index (χ0n) is 10.5. The second kappa shape index (κ2) is 4.63. The van der Waals surface area contributed by atoms with Crippen molar-refractivity contribution in [3.63, 3.8) is 0 Å². The number of aryl methyl sites for hydroxylation is 1. The van der Waals surface area contributed by atoms with Crippen molar-refractivity contribution in [2.75, 3.05) is 14.1 Å². The molecule has 96 valence electrons. The van der Waals surface area contributed by atoms with Gasteiger partial charge >= 0.3 is 5.63 Å². The molecule has 4 nitrogen and oxygen atoms in total. The van der Waals surface area contributed by atoms with Gasteiger partial charge in [0.15, 0.2) is 5.58 Å². The maximum absolute atomic E-state index is 11.5. The summed E-state index contributed by atoms with van der Waals surface area (Å²) >= 11 is 6.01. The summed E-state index contributed by atoms with van der Waals surface area (Å²) in [5.41, 5.74) is 1.36. The molecule has 0 saturated carbocycles. The normalized spacial score (nSPS) is 11.4. The maximum Gasteiger partial charge on any atom is 0.336 e. The van der Waals surface area contributed by atoms with Gasteiger partial charge in [0, 0.05) is 11.5 Å². The molecule has 0 radical (unpaired) electrons. The number of nitrogens with one attached hydrogen (secondary N) is 1. The average Bonchev–Trinajstić information content (AvgIpc) is 2.26. The van der Waals surface area contributed by atoms with E-state index in [1.807, 2.05) is 21.0 Å². The lowest BCUT2D eigenvalue weighted by molar-refractivity contribution is -0.872. The molecule has 18 heavy (non-hydrogen) atoms. The van der Waals surface area contributed by atoms with Crippen LogP contribution in [-0.2, 0) is 6.54 Å². The third-order valence-electron chi connectivity index (χ3n) is 2.79. The first-order chi connectivity index (χ1) is 8.40. The molecule has 1 aromatic heterocycles. The smallest absolute Gasteiger partial charge is 0.336 e. The van der Waals surface area contributed by atoms with Crippen molar-refractivity contribution in [3.8, 4) is 5.75 Å². The van der Waals surface area contributed by atoms with Gasteiger partial charge in [-0.2, -0.15) is 0 Å². The second-order valence-electron chi connectivity index (χ2n) is 4.69. The van der Waals surface area contributed by atoms with Gasteiger partial charge in [0.2, 0.25) is 0 Å². The minimum absolute atomic E-state index is 0.0147. The number of hydrogen-bond donors (Lipinski definition) is 2. The Balaban J connectivity index is 2.87. The zero-order chi connectivity index (χ0) is 13.4. The Morgan fingerprint density at radius 2 is 2.06 bits per heavy atom. The molecule has 1 aromatic carbocycles. The highest BCUT2D eigenvalue weighted by molar-refractivity contribution is 6.33. The Bertz CT molecular complexity index is 661. The molecular formula is C13H15ClNO3+. The van der Waals surface area contributed by atoms with Gasteiger partial charge in [-0.1, -0.05) is 11.6 Å². The molecule has 0 amide bonds. The number of phenolic OH excluding ortho intramolecular Hbond substituents is 1. The molecule has 0 unspecified atom stereocenters. The zero-order valence-corrected chi connectivity index (χ0v) is 11.3. The van der Waals surface area contributed by atoms with Crippen molar-refractivity contribution in [2.45, 2.75) is 13.5 Å². The fourth-order valence-corrected chi connectivity index (χ4v) is 2.21. The number of aromatic hydroxyl groups is 1. The van der Waals surface area contributed by atoms with Crippen LogP contribution in [0.3, 0.4) is 0 Å². The van der Waals surface area contributed by atoms with Crippen LogP contribution < -0.4 is 10.5 Å². The number of fused-ring (bicyclic) bond motifs is 1. The van der Waals surface area contributed by atoms with Crippen molar-refractivity contribution < 1.29 is 14.4 Å². The predicted molar refractivity (Wildman–Crippen MR) is 70.4 cm³/mol. The van der Waals surface area contributed by atoms with Crippen LogP contribution in [-0.4, -0.2) is 19.2 Å². The van der Waals surface area contributed by atoms with E-state index in [0.717, 1.165) is 15.8 Å². The Morgan fingerprint density at radius 1 is 1.39 bits per heavy atom. The fourth-order valence-electron chi connectivity index (χ4n) is 1.99. The molecule has 0 fully saturated rings. The topological polar surface area (TPSA) is 54.9 Å². The molecule has 0 spiro atoms. The molecular weight excluding hydrogens is 254 g/mol. The largest absolute Gasteiger partial charge is 0.506 e. The van der Waals surface area contributed by atoms with Gasteiger partial charge < -0.3 is 14.4 Å². The first kappa shape index (κ1) is 12.9. The Kier molecular flexibility index (Phi) is 3.32. The van der Waals surface area contributed by atoms with Gasteiger partial charge in [-0.3, -0.25) is 0 Å². The predicted octanol–water partition coefficient (Wildman–Crippen LogP) is 1.10. The first-order valence-electron chi connectivity index (χ1n) is 5.64. The number of halogens is 1. The summed E-state index contributed by atoms with van der Waals surface area (Å²) in [7, 11) is 3.89. The van der Waals surface area contributed by atoms with Crippen LogP contribution in [0.2, 0.25) is 5.02 Å². The first-order valence-corrected chi connectivity index (χ1v) is 6.01. The molecule has 1 heterocycles. The molecule has 0 aliphatic carbocycles. The van der Waals surface area contributed by atoms with Crippen molar-refractivity contribution in [1.82, 2.24) is 0 Å². The van der Waals surface area contributed by atoms with Crippen LogP contribution in [0, 0.1) is 6.92 Å².